The van der Waals surface area contributed by atoms with Gasteiger partial charge in [-0.15, -0.1) is 0 Å². The summed E-state index contributed by atoms with van der Waals surface area (Å²) < 4.78 is 5.52. The second kappa shape index (κ2) is 9.38. The van der Waals surface area contributed by atoms with Gasteiger partial charge in [-0.05, 0) is 39.0 Å². The molecule has 6 nitrogen and oxygen atoms in total. The molecule has 0 bridgehead atoms. The summed E-state index contributed by atoms with van der Waals surface area (Å²) in [6.07, 6.45) is 9.50. The number of guanidine groups is 1. The highest BCUT2D eigenvalue weighted by atomic mass is 16.5. The number of hydrogen-bond donors (Lipinski definition) is 3. The molecule has 26 heavy (non-hydrogen) atoms. The summed E-state index contributed by atoms with van der Waals surface area (Å²) in [4.78, 5) is 7.53. The van der Waals surface area contributed by atoms with E-state index in [9.17, 15) is 5.11 Å². The predicted molar refractivity (Wildman–Crippen MR) is 106 cm³/mol. The first-order chi connectivity index (χ1) is 12.6. The van der Waals surface area contributed by atoms with E-state index in [1.807, 2.05) is 0 Å². The van der Waals surface area contributed by atoms with Crippen LogP contribution in [0.1, 0.15) is 58.3 Å². The Balaban J connectivity index is 1.59. The molecule has 0 aromatic rings. The van der Waals surface area contributed by atoms with Crippen molar-refractivity contribution < 1.29 is 9.84 Å². The Morgan fingerprint density at radius 3 is 2.38 bits per heavy atom. The third kappa shape index (κ3) is 5.57. The first-order valence-corrected chi connectivity index (χ1v) is 10.7. The number of hydrogen-bond acceptors (Lipinski definition) is 4. The molecule has 3 N–H and O–H groups in total. The van der Waals surface area contributed by atoms with Crippen LogP contribution < -0.4 is 10.6 Å². The quantitative estimate of drug-likeness (QED) is 0.473. The number of rotatable bonds is 7. The molecule has 1 saturated heterocycles. The van der Waals surface area contributed by atoms with Crippen molar-refractivity contribution >= 4 is 5.96 Å². The van der Waals surface area contributed by atoms with Crippen molar-refractivity contribution in [2.24, 2.45) is 10.4 Å². The van der Waals surface area contributed by atoms with Crippen molar-refractivity contribution in [2.75, 3.05) is 52.5 Å². The van der Waals surface area contributed by atoms with Gasteiger partial charge in [-0.2, -0.15) is 0 Å². The Bertz CT molecular complexity index is 453. The predicted octanol–water partition coefficient (Wildman–Crippen LogP) is 1.74. The molecule has 0 spiro atoms. The summed E-state index contributed by atoms with van der Waals surface area (Å²) in [5, 5.41) is 17.1. The first kappa shape index (κ1) is 19.9. The van der Waals surface area contributed by atoms with E-state index in [0.29, 0.717) is 12.0 Å². The Labute approximate surface area is 158 Å². The van der Waals surface area contributed by atoms with Crippen molar-refractivity contribution in [3.63, 3.8) is 0 Å². The Hall–Kier alpha value is -0.850. The molecule has 2 aliphatic carbocycles. The fourth-order valence-corrected chi connectivity index (χ4v) is 4.50. The van der Waals surface area contributed by atoms with Crippen molar-refractivity contribution in [1.29, 1.82) is 0 Å². The van der Waals surface area contributed by atoms with Crippen LogP contribution in [0.3, 0.4) is 0 Å². The number of ether oxygens (including phenoxy) is 1. The normalized spacial score (nSPS) is 26.2. The van der Waals surface area contributed by atoms with Crippen LogP contribution in [0.2, 0.25) is 0 Å². The second-order valence-corrected chi connectivity index (χ2v) is 8.58. The maximum atomic E-state index is 10.3. The summed E-state index contributed by atoms with van der Waals surface area (Å²) in [7, 11) is 0. The molecule has 3 aliphatic rings. The van der Waals surface area contributed by atoms with Crippen LogP contribution in [-0.4, -0.2) is 74.0 Å². The van der Waals surface area contributed by atoms with Gasteiger partial charge in [0.1, 0.15) is 0 Å². The minimum atomic E-state index is -0.521. The van der Waals surface area contributed by atoms with Gasteiger partial charge in [0.05, 0.1) is 18.8 Å². The Morgan fingerprint density at radius 1 is 1.04 bits per heavy atom. The van der Waals surface area contributed by atoms with E-state index in [2.05, 4.69) is 22.5 Å². The molecule has 1 heterocycles. The number of morpholine rings is 1. The average Bonchev–Trinajstić information content (AvgIpc) is 2.64. The molecule has 3 fully saturated rings. The van der Waals surface area contributed by atoms with Crippen LogP contribution in [-0.2, 0) is 4.74 Å². The van der Waals surface area contributed by atoms with Crippen LogP contribution in [0, 0.1) is 5.41 Å². The van der Waals surface area contributed by atoms with Gasteiger partial charge in [0.2, 0.25) is 0 Å². The Morgan fingerprint density at radius 2 is 1.77 bits per heavy atom. The van der Waals surface area contributed by atoms with Crippen molar-refractivity contribution in [3.8, 4) is 0 Å². The smallest absolute Gasteiger partial charge is 0.191 e. The molecule has 3 rings (SSSR count). The zero-order valence-electron chi connectivity index (χ0n) is 16.6. The van der Waals surface area contributed by atoms with E-state index >= 15 is 0 Å². The second-order valence-electron chi connectivity index (χ2n) is 8.58. The van der Waals surface area contributed by atoms with Crippen LogP contribution >= 0.6 is 0 Å². The van der Waals surface area contributed by atoms with Gasteiger partial charge in [-0.3, -0.25) is 9.89 Å². The molecule has 0 aromatic carbocycles. The molecular weight excluding hydrogens is 328 g/mol. The maximum Gasteiger partial charge on any atom is 0.191 e. The summed E-state index contributed by atoms with van der Waals surface area (Å²) in [6.45, 7) is 9.40. The van der Waals surface area contributed by atoms with E-state index in [1.165, 1.54) is 32.1 Å². The standard InChI is InChI=1S/C20H38N4O2/c1-2-21-18(23-16-20(25)9-6-10-20)22-15-19(7-4-3-5-8-19)17-24-11-13-26-14-12-24/h25H,2-17H2,1H3,(H2,21,22,23). The molecule has 2 saturated carbocycles. The lowest BCUT2D eigenvalue weighted by Crippen LogP contribution is -2.51. The molecule has 150 valence electrons. The van der Waals surface area contributed by atoms with Crippen LogP contribution in [0.15, 0.2) is 4.99 Å². The third-order valence-electron chi connectivity index (χ3n) is 6.36. The summed E-state index contributed by atoms with van der Waals surface area (Å²) in [5.41, 5.74) is -0.224. The zero-order chi connectivity index (χ0) is 18.3. The molecule has 0 unspecified atom stereocenters. The highest BCUT2D eigenvalue weighted by molar-refractivity contribution is 5.79. The SMILES string of the molecule is CCNC(=NCC1(CN2CCOCC2)CCCCC1)NCC1(O)CCC1. The summed E-state index contributed by atoms with van der Waals surface area (Å²) >= 11 is 0. The minimum absolute atomic E-state index is 0.297. The summed E-state index contributed by atoms with van der Waals surface area (Å²) in [5.74, 6) is 0.861. The third-order valence-corrected chi connectivity index (χ3v) is 6.36. The number of nitrogens with one attached hydrogen (secondary N) is 2. The van der Waals surface area contributed by atoms with Crippen molar-refractivity contribution in [2.45, 2.75) is 63.9 Å². The van der Waals surface area contributed by atoms with Crippen LogP contribution in [0.25, 0.3) is 0 Å². The highest BCUT2D eigenvalue weighted by Crippen LogP contribution is 2.37. The molecule has 0 amide bonds. The fourth-order valence-electron chi connectivity index (χ4n) is 4.50. The lowest BCUT2D eigenvalue weighted by molar-refractivity contribution is -0.0279. The maximum absolute atomic E-state index is 10.3. The summed E-state index contributed by atoms with van der Waals surface area (Å²) in [6, 6.07) is 0. The largest absolute Gasteiger partial charge is 0.388 e. The molecule has 0 aromatic heterocycles. The fraction of sp³-hybridized carbons (Fsp3) is 0.950. The van der Waals surface area contributed by atoms with Gasteiger partial charge in [0.15, 0.2) is 5.96 Å². The van der Waals surface area contributed by atoms with Gasteiger partial charge < -0.3 is 20.5 Å². The number of aliphatic imine (C=N–C) groups is 1. The lowest BCUT2D eigenvalue weighted by Gasteiger charge is -2.41. The van der Waals surface area contributed by atoms with Gasteiger partial charge in [-0.25, -0.2) is 0 Å². The topological polar surface area (TPSA) is 69.1 Å². The van der Waals surface area contributed by atoms with Crippen LogP contribution in [0.4, 0.5) is 0 Å². The molecule has 0 atom stereocenters. The molecule has 6 heteroatoms. The molecule has 1 aliphatic heterocycles. The zero-order valence-corrected chi connectivity index (χ0v) is 16.6. The van der Waals surface area contributed by atoms with E-state index in [4.69, 9.17) is 9.73 Å². The van der Waals surface area contributed by atoms with Gasteiger partial charge >= 0.3 is 0 Å². The average molecular weight is 367 g/mol. The van der Waals surface area contributed by atoms with Gasteiger partial charge in [0.25, 0.3) is 0 Å². The monoisotopic (exact) mass is 366 g/mol. The minimum Gasteiger partial charge on any atom is -0.388 e. The van der Waals surface area contributed by atoms with E-state index in [0.717, 1.165) is 71.2 Å². The lowest BCUT2D eigenvalue weighted by atomic mass is 9.73. The van der Waals surface area contributed by atoms with Crippen molar-refractivity contribution in [1.82, 2.24) is 15.5 Å². The number of aliphatic hydroxyl groups is 1. The molecule has 0 radical (unpaired) electrons. The van der Waals surface area contributed by atoms with Crippen molar-refractivity contribution in [3.05, 3.63) is 0 Å². The van der Waals surface area contributed by atoms with E-state index in [1.54, 1.807) is 0 Å². The van der Waals surface area contributed by atoms with Crippen LogP contribution in [0.5, 0.6) is 0 Å². The van der Waals surface area contributed by atoms with E-state index < -0.39 is 5.60 Å². The first-order valence-electron chi connectivity index (χ1n) is 10.7. The van der Waals surface area contributed by atoms with Gasteiger partial charge in [-0.1, -0.05) is 19.3 Å². The van der Waals surface area contributed by atoms with E-state index in [-0.39, 0.29) is 0 Å². The van der Waals surface area contributed by atoms with Gasteiger partial charge in [0, 0.05) is 44.7 Å². The highest BCUT2D eigenvalue weighted by Gasteiger charge is 2.36. The Kier molecular flexibility index (Phi) is 7.18. The number of nitrogens with zero attached hydrogens (tertiary/aromatic N) is 2. The molecular formula is C20H38N4O2.